The molecule has 0 N–H and O–H groups in total. The van der Waals surface area contributed by atoms with Gasteiger partial charge in [0.2, 0.25) is 15.9 Å². The zero-order chi connectivity index (χ0) is 24.0. The summed E-state index contributed by atoms with van der Waals surface area (Å²) in [5.41, 5.74) is 0.896. The number of methoxy groups -OCH3 is 1. The molecule has 0 saturated carbocycles. The van der Waals surface area contributed by atoms with Crippen LogP contribution in [0, 0.1) is 17.2 Å². The molecule has 10 heteroatoms. The van der Waals surface area contributed by atoms with Crippen LogP contribution in [0.25, 0.3) is 0 Å². The van der Waals surface area contributed by atoms with Crippen LogP contribution in [0.1, 0.15) is 24.0 Å². The van der Waals surface area contributed by atoms with Crippen molar-refractivity contribution in [1.82, 2.24) is 9.21 Å². The van der Waals surface area contributed by atoms with Crippen molar-refractivity contribution < 1.29 is 22.7 Å². The van der Waals surface area contributed by atoms with Gasteiger partial charge in [-0.3, -0.25) is 9.59 Å². The van der Waals surface area contributed by atoms with Crippen molar-refractivity contribution >= 4 is 33.5 Å². The molecule has 0 unspecified atom stereocenters. The summed E-state index contributed by atoms with van der Waals surface area (Å²) in [6.45, 7) is 0.294. The van der Waals surface area contributed by atoms with Gasteiger partial charge >= 0.3 is 5.97 Å². The highest BCUT2D eigenvalue weighted by Gasteiger charge is 2.35. The second kappa shape index (κ2) is 10.8. The van der Waals surface area contributed by atoms with Crippen LogP contribution < -0.4 is 0 Å². The summed E-state index contributed by atoms with van der Waals surface area (Å²) >= 11 is 5.93. The van der Waals surface area contributed by atoms with Crippen molar-refractivity contribution in [3.8, 4) is 6.07 Å². The highest BCUT2D eigenvalue weighted by Crippen LogP contribution is 2.27. The van der Waals surface area contributed by atoms with Gasteiger partial charge in [-0.2, -0.15) is 9.57 Å². The van der Waals surface area contributed by atoms with Crippen molar-refractivity contribution in [1.29, 1.82) is 5.26 Å². The van der Waals surface area contributed by atoms with Crippen molar-refractivity contribution in [3.05, 3.63) is 64.7 Å². The van der Waals surface area contributed by atoms with Crippen LogP contribution in [0.4, 0.5) is 0 Å². The maximum atomic E-state index is 13.2. The molecule has 33 heavy (non-hydrogen) atoms. The standard InChI is InChI=1S/C23H24ClN3O5S/c1-32-22(28)16-26(15-17-6-8-20(24)9-7-17)23(29)18-10-12-27(13-11-18)33(30,31)21-5-3-2-4-19(21)14-25/h2-9,18H,10-13,15-16H2,1H3. The number of hydrogen-bond donors (Lipinski definition) is 0. The molecule has 1 heterocycles. The first-order valence-corrected chi connectivity index (χ1v) is 12.2. The Morgan fingerprint density at radius 2 is 1.79 bits per heavy atom. The minimum atomic E-state index is -3.85. The number of benzene rings is 2. The van der Waals surface area contributed by atoms with Crippen LogP contribution in [0.2, 0.25) is 5.02 Å². The molecule has 1 saturated heterocycles. The number of carbonyl (C=O) groups excluding carboxylic acids is 2. The van der Waals surface area contributed by atoms with E-state index >= 15 is 0 Å². The van der Waals surface area contributed by atoms with Gasteiger partial charge in [0, 0.05) is 30.6 Å². The third-order valence-electron chi connectivity index (χ3n) is 5.57. The summed E-state index contributed by atoms with van der Waals surface area (Å²) in [6.07, 6.45) is 0.621. The second-order valence-corrected chi connectivity index (χ2v) is 10.0. The van der Waals surface area contributed by atoms with Gasteiger partial charge in [-0.05, 0) is 42.7 Å². The van der Waals surface area contributed by atoms with E-state index in [9.17, 15) is 23.3 Å². The van der Waals surface area contributed by atoms with E-state index in [-0.39, 0.29) is 42.5 Å². The van der Waals surface area contributed by atoms with Crippen LogP contribution in [0.3, 0.4) is 0 Å². The van der Waals surface area contributed by atoms with Gasteiger partial charge in [0.25, 0.3) is 0 Å². The lowest BCUT2D eigenvalue weighted by Crippen LogP contribution is -2.45. The lowest BCUT2D eigenvalue weighted by molar-refractivity contribution is -0.149. The number of nitriles is 1. The Bertz CT molecular complexity index is 1150. The minimum absolute atomic E-state index is 0.0349. The third-order valence-corrected chi connectivity index (χ3v) is 7.78. The Labute approximate surface area is 198 Å². The SMILES string of the molecule is COC(=O)CN(Cc1ccc(Cl)cc1)C(=O)C1CCN(S(=O)(=O)c2ccccc2C#N)CC1. The summed E-state index contributed by atoms with van der Waals surface area (Å²) in [7, 11) is -2.59. The molecule has 8 nitrogen and oxygen atoms in total. The molecule has 174 valence electrons. The predicted molar refractivity (Wildman–Crippen MR) is 122 cm³/mol. The molecular formula is C23H24ClN3O5S. The molecule has 0 atom stereocenters. The molecule has 2 aromatic rings. The molecule has 1 amide bonds. The Hall–Kier alpha value is -2.93. The first-order chi connectivity index (χ1) is 15.8. The van der Waals surface area contributed by atoms with Gasteiger partial charge in [0.05, 0.1) is 17.6 Å². The quantitative estimate of drug-likeness (QED) is 0.553. The van der Waals surface area contributed by atoms with E-state index in [1.165, 1.54) is 28.4 Å². The molecular weight excluding hydrogens is 466 g/mol. The fourth-order valence-corrected chi connectivity index (χ4v) is 5.50. The maximum absolute atomic E-state index is 13.2. The van der Waals surface area contributed by atoms with Crippen molar-refractivity contribution in [2.24, 2.45) is 5.92 Å². The molecule has 0 radical (unpaired) electrons. The van der Waals surface area contributed by atoms with E-state index in [0.717, 1.165) is 5.56 Å². The van der Waals surface area contributed by atoms with E-state index in [2.05, 4.69) is 0 Å². The lowest BCUT2D eigenvalue weighted by Gasteiger charge is -2.33. The summed E-state index contributed by atoms with van der Waals surface area (Å²) in [5, 5.41) is 9.82. The Kier molecular flexibility index (Phi) is 8.08. The van der Waals surface area contributed by atoms with Crippen LogP contribution in [-0.4, -0.2) is 56.2 Å². The Balaban J connectivity index is 1.71. The van der Waals surface area contributed by atoms with Gasteiger partial charge < -0.3 is 9.64 Å². The number of rotatable bonds is 7. The Morgan fingerprint density at radius 3 is 2.39 bits per heavy atom. The van der Waals surface area contributed by atoms with E-state index < -0.39 is 21.9 Å². The number of hydrogen-bond acceptors (Lipinski definition) is 6. The number of esters is 1. The first-order valence-electron chi connectivity index (χ1n) is 10.4. The molecule has 0 aromatic heterocycles. The average Bonchev–Trinajstić information content (AvgIpc) is 2.84. The fraction of sp³-hybridized carbons (Fsp3) is 0.348. The molecule has 2 aromatic carbocycles. The van der Waals surface area contributed by atoms with Crippen LogP contribution in [0.15, 0.2) is 53.4 Å². The van der Waals surface area contributed by atoms with Gasteiger partial charge in [0.1, 0.15) is 12.6 Å². The van der Waals surface area contributed by atoms with Gasteiger partial charge in [0.15, 0.2) is 0 Å². The molecule has 0 spiro atoms. The number of sulfonamides is 1. The largest absolute Gasteiger partial charge is 0.468 e. The number of amides is 1. The number of halogens is 1. The Morgan fingerprint density at radius 1 is 1.15 bits per heavy atom. The second-order valence-electron chi connectivity index (χ2n) is 7.68. The normalized spacial score (nSPS) is 14.9. The molecule has 0 aliphatic carbocycles. The smallest absolute Gasteiger partial charge is 0.325 e. The zero-order valence-corrected chi connectivity index (χ0v) is 19.7. The maximum Gasteiger partial charge on any atom is 0.325 e. The van der Waals surface area contributed by atoms with Gasteiger partial charge in [-0.1, -0.05) is 35.9 Å². The summed E-state index contributed by atoms with van der Waals surface area (Å²) in [4.78, 5) is 26.5. The lowest BCUT2D eigenvalue weighted by atomic mass is 9.96. The minimum Gasteiger partial charge on any atom is -0.468 e. The van der Waals surface area contributed by atoms with Crippen LogP contribution in [-0.2, 0) is 30.9 Å². The number of carbonyl (C=O) groups is 2. The topological polar surface area (TPSA) is 108 Å². The summed E-state index contributed by atoms with van der Waals surface area (Å²) in [6, 6.07) is 15.0. The van der Waals surface area contributed by atoms with Crippen molar-refractivity contribution in [2.45, 2.75) is 24.3 Å². The predicted octanol–water partition coefficient (Wildman–Crippen LogP) is 2.81. The van der Waals surface area contributed by atoms with Gasteiger partial charge in [-0.25, -0.2) is 8.42 Å². The number of ether oxygens (including phenoxy) is 1. The number of piperidine rings is 1. The number of nitrogens with zero attached hydrogens (tertiary/aromatic N) is 3. The first kappa shape index (κ1) is 24.7. The molecule has 3 rings (SSSR count). The molecule has 0 bridgehead atoms. The highest BCUT2D eigenvalue weighted by molar-refractivity contribution is 7.89. The fourth-order valence-electron chi connectivity index (χ4n) is 3.77. The van der Waals surface area contributed by atoms with Crippen molar-refractivity contribution in [2.75, 3.05) is 26.7 Å². The van der Waals surface area contributed by atoms with Crippen LogP contribution in [0.5, 0.6) is 0 Å². The van der Waals surface area contributed by atoms with E-state index in [1.807, 2.05) is 6.07 Å². The molecule has 1 aliphatic rings. The summed E-state index contributed by atoms with van der Waals surface area (Å²) in [5.74, 6) is -1.20. The molecule has 1 fully saturated rings. The average molecular weight is 490 g/mol. The van der Waals surface area contributed by atoms with Gasteiger partial charge in [-0.15, -0.1) is 0 Å². The van der Waals surface area contributed by atoms with Crippen LogP contribution >= 0.6 is 11.6 Å². The monoisotopic (exact) mass is 489 g/mol. The van der Waals surface area contributed by atoms with E-state index in [1.54, 1.807) is 36.4 Å². The highest BCUT2D eigenvalue weighted by atomic mass is 35.5. The van der Waals surface area contributed by atoms with E-state index in [0.29, 0.717) is 17.9 Å². The third kappa shape index (κ3) is 5.90. The van der Waals surface area contributed by atoms with E-state index in [4.69, 9.17) is 16.3 Å². The zero-order valence-electron chi connectivity index (χ0n) is 18.1. The molecule has 1 aliphatic heterocycles. The van der Waals surface area contributed by atoms with Crippen molar-refractivity contribution in [3.63, 3.8) is 0 Å². The summed E-state index contributed by atoms with van der Waals surface area (Å²) < 4.78 is 32.1.